The number of carbonyl (C=O) groups is 1. The van der Waals surface area contributed by atoms with E-state index in [4.69, 9.17) is 10.2 Å². The quantitative estimate of drug-likeness (QED) is 0.424. The Bertz CT molecular complexity index is 127. The summed E-state index contributed by atoms with van der Waals surface area (Å²) in [7, 11) is 1.35. The summed E-state index contributed by atoms with van der Waals surface area (Å²) in [6, 6.07) is 0. The van der Waals surface area contributed by atoms with Gasteiger partial charge in [-0.1, -0.05) is 0 Å². The van der Waals surface area contributed by atoms with Crippen LogP contribution in [0.3, 0.4) is 0 Å². The minimum absolute atomic E-state index is 0.0775. The summed E-state index contributed by atoms with van der Waals surface area (Å²) in [5, 5.41) is 16.4. The standard InChI is InChI=1S/C5H8O4/c1-9-3-4(2-6)5(7)8/h2,6H,3H2,1H3,(H,7,8). The molecule has 0 amide bonds. The number of hydrogen-bond donors (Lipinski definition) is 2. The normalized spacial score (nSPS) is 11.4. The van der Waals surface area contributed by atoms with E-state index in [1.807, 2.05) is 0 Å². The highest BCUT2D eigenvalue weighted by Gasteiger charge is 2.04. The molecule has 2 N–H and O–H groups in total. The number of aliphatic hydroxyl groups is 1. The molecule has 0 rings (SSSR count). The zero-order valence-electron chi connectivity index (χ0n) is 5.00. The molecule has 0 aliphatic carbocycles. The third-order valence-electron chi connectivity index (χ3n) is 0.730. The van der Waals surface area contributed by atoms with E-state index in [9.17, 15) is 4.79 Å². The summed E-state index contributed by atoms with van der Waals surface area (Å²) in [6.07, 6.45) is 0.520. The van der Waals surface area contributed by atoms with Crippen molar-refractivity contribution in [3.05, 3.63) is 11.8 Å². The van der Waals surface area contributed by atoms with Gasteiger partial charge in [-0.2, -0.15) is 0 Å². The van der Waals surface area contributed by atoms with Crippen molar-refractivity contribution in [2.45, 2.75) is 0 Å². The molecule has 4 nitrogen and oxygen atoms in total. The van der Waals surface area contributed by atoms with E-state index >= 15 is 0 Å². The average molecular weight is 132 g/mol. The fraction of sp³-hybridized carbons (Fsp3) is 0.400. The van der Waals surface area contributed by atoms with Gasteiger partial charge >= 0.3 is 5.97 Å². The van der Waals surface area contributed by atoms with Gasteiger partial charge in [0.25, 0.3) is 0 Å². The van der Waals surface area contributed by atoms with E-state index in [1.54, 1.807) is 0 Å². The van der Waals surface area contributed by atoms with Crippen molar-refractivity contribution in [1.82, 2.24) is 0 Å². The fourth-order valence-corrected chi connectivity index (χ4v) is 0.310. The fourth-order valence-electron chi connectivity index (χ4n) is 0.310. The summed E-state index contributed by atoms with van der Waals surface area (Å²) in [5.74, 6) is -1.17. The van der Waals surface area contributed by atoms with Crippen molar-refractivity contribution in [3.63, 3.8) is 0 Å². The van der Waals surface area contributed by atoms with Crippen LogP contribution in [0, 0.1) is 0 Å². The number of aliphatic hydroxyl groups excluding tert-OH is 1. The van der Waals surface area contributed by atoms with Crippen LogP contribution in [-0.2, 0) is 9.53 Å². The first kappa shape index (κ1) is 7.97. The van der Waals surface area contributed by atoms with Crippen molar-refractivity contribution in [1.29, 1.82) is 0 Å². The molecule has 0 aromatic rings. The molecule has 0 heterocycles. The van der Waals surface area contributed by atoms with Crippen LogP contribution in [0.1, 0.15) is 0 Å². The second-order valence-corrected chi connectivity index (χ2v) is 1.39. The highest BCUT2D eigenvalue weighted by molar-refractivity contribution is 5.86. The van der Waals surface area contributed by atoms with Crippen LogP contribution in [0.15, 0.2) is 11.8 Å². The second-order valence-electron chi connectivity index (χ2n) is 1.39. The smallest absolute Gasteiger partial charge is 0.337 e. The number of carboxylic acid groups (broad SMARTS) is 1. The van der Waals surface area contributed by atoms with Gasteiger partial charge in [0.15, 0.2) is 0 Å². The lowest BCUT2D eigenvalue weighted by molar-refractivity contribution is -0.133. The van der Waals surface area contributed by atoms with Gasteiger partial charge in [0.2, 0.25) is 0 Å². The van der Waals surface area contributed by atoms with E-state index < -0.39 is 5.97 Å². The molecule has 4 heteroatoms. The number of aliphatic carboxylic acids is 1. The predicted octanol–water partition coefficient (Wildman–Crippen LogP) is 0.159. The molecule has 0 aromatic heterocycles. The maximum atomic E-state index is 10.0. The first-order valence-corrected chi connectivity index (χ1v) is 2.28. The van der Waals surface area contributed by atoms with Gasteiger partial charge in [0, 0.05) is 7.11 Å². The SMILES string of the molecule is COCC(=CO)C(=O)O. The van der Waals surface area contributed by atoms with Gasteiger partial charge in [-0.05, 0) is 0 Å². The van der Waals surface area contributed by atoms with Crippen molar-refractivity contribution >= 4 is 5.97 Å². The molecular formula is C5H8O4. The Kier molecular flexibility index (Phi) is 3.46. The molecule has 0 spiro atoms. The monoisotopic (exact) mass is 132 g/mol. The predicted molar refractivity (Wildman–Crippen MR) is 30.2 cm³/mol. The number of ether oxygens (including phenoxy) is 1. The molecule has 0 saturated heterocycles. The van der Waals surface area contributed by atoms with Crippen molar-refractivity contribution in [2.75, 3.05) is 13.7 Å². The molecule has 0 unspecified atom stereocenters. The van der Waals surface area contributed by atoms with Gasteiger partial charge < -0.3 is 14.9 Å². The maximum absolute atomic E-state index is 10.0. The summed E-state index contributed by atoms with van der Waals surface area (Å²) >= 11 is 0. The van der Waals surface area contributed by atoms with Crippen LogP contribution in [-0.4, -0.2) is 29.9 Å². The largest absolute Gasteiger partial charge is 0.515 e. The molecule has 0 aliphatic heterocycles. The van der Waals surface area contributed by atoms with Crippen LogP contribution < -0.4 is 0 Å². The minimum atomic E-state index is -1.17. The van der Waals surface area contributed by atoms with Crippen molar-refractivity contribution in [3.8, 4) is 0 Å². The van der Waals surface area contributed by atoms with Gasteiger partial charge in [-0.25, -0.2) is 4.79 Å². The Morgan fingerprint density at radius 2 is 2.33 bits per heavy atom. The van der Waals surface area contributed by atoms with Crippen LogP contribution in [0.25, 0.3) is 0 Å². The van der Waals surface area contributed by atoms with Gasteiger partial charge in [0.05, 0.1) is 18.4 Å². The minimum Gasteiger partial charge on any atom is -0.515 e. The van der Waals surface area contributed by atoms with Crippen LogP contribution in [0.5, 0.6) is 0 Å². The lowest BCUT2D eigenvalue weighted by atomic mass is 10.3. The summed E-state index contributed by atoms with van der Waals surface area (Å²) in [4.78, 5) is 10.0. The lowest BCUT2D eigenvalue weighted by Crippen LogP contribution is -2.06. The molecule has 0 radical (unpaired) electrons. The van der Waals surface area contributed by atoms with E-state index in [1.165, 1.54) is 7.11 Å². The average Bonchev–Trinajstić information content (AvgIpc) is 1.82. The lowest BCUT2D eigenvalue weighted by Gasteiger charge is -1.95. The molecule has 9 heavy (non-hydrogen) atoms. The molecule has 0 atom stereocenters. The third-order valence-corrected chi connectivity index (χ3v) is 0.730. The maximum Gasteiger partial charge on any atom is 0.337 e. The molecule has 0 fully saturated rings. The number of hydrogen-bond acceptors (Lipinski definition) is 3. The highest BCUT2D eigenvalue weighted by atomic mass is 16.5. The number of carboxylic acids is 1. The zero-order chi connectivity index (χ0) is 7.28. The Balaban J connectivity index is 3.85. The first-order valence-electron chi connectivity index (χ1n) is 2.28. The number of methoxy groups -OCH3 is 1. The van der Waals surface area contributed by atoms with Gasteiger partial charge in [0.1, 0.15) is 0 Å². The zero-order valence-corrected chi connectivity index (χ0v) is 5.00. The Labute approximate surface area is 52.4 Å². The molecule has 0 bridgehead atoms. The molecule has 52 valence electrons. The Morgan fingerprint density at radius 1 is 1.78 bits per heavy atom. The topological polar surface area (TPSA) is 66.8 Å². The molecule has 0 aliphatic rings. The van der Waals surface area contributed by atoms with E-state index in [0.29, 0.717) is 6.26 Å². The van der Waals surface area contributed by atoms with E-state index in [0.717, 1.165) is 0 Å². The molecule has 0 aromatic carbocycles. The molecular weight excluding hydrogens is 124 g/mol. The van der Waals surface area contributed by atoms with Crippen LogP contribution in [0.2, 0.25) is 0 Å². The van der Waals surface area contributed by atoms with Gasteiger partial charge in [-0.3, -0.25) is 0 Å². The van der Waals surface area contributed by atoms with E-state index in [2.05, 4.69) is 4.74 Å². The van der Waals surface area contributed by atoms with Gasteiger partial charge in [-0.15, -0.1) is 0 Å². The first-order chi connectivity index (χ1) is 4.22. The van der Waals surface area contributed by atoms with Crippen molar-refractivity contribution in [2.24, 2.45) is 0 Å². The summed E-state index contributed by atoms with van der Waals surface area (Å²) < 4.78 is 4.45. The summed E-state index contributed by atoms with van der Waals surface area (Å²) in [5.41, 5.74) is -0.155. The Hall–Kier alpha value is -1.03. The Morgan fingerprint density at radius 3 is 2.44 bits per heavy atom. The van der Waals surface area contributed by atoms with Crippen LogP contribution in [0.4, 0.5) is 0 Å². The van der Waals surface area contributed by atoms with Crippen LogP contribution >= 0.6 is 0 Å². The third kappa shape index (κ3) is 2.71. The highest BCUT2D eigenvalue weighted by Crippen LogP contribution is 1.91. The molecule has 0 saturated carbocycles. The summed E-state index contributed by atoms with van der Waals surface area (Å²) in [6.45, 7) is -0.0775. The van der Waals surface area contributed by atoms with Crippen molar-refractivity contribution < 1.29 is 19.7 Å². The second kappa shape index (κ2) is 3.91. The number of rotatable bonds is 3. The van der Waals surface area contributed by atoms with E-state index in [-0.39, 0.29) is 12.2 Å².